The van der Waals surface area contributed by atoms with Crippen LogP contribution in [0.2, 0.25) is 0 Å². The molecule has 7 aliphatic rings. The second-order valence-corrected chi connectivity index (χ2v) is 18.2. The van der Waals surface area contributed by atoms with Crippen LogP contribution in [0, 0.1) is 56.7 Å². The number of hydrogen-bond acceptors (Lipinski definition) is 7. The predicted molar refractivity (Wildman–Crippen MR) is 178 cm³/mol. The zero-order chi connectivity index (χ0) is 33.7. The fraction of sp³-hybridized carbons (Fsp3) is 0.947. The van der Waals surface area contributed by atoms with Crippen LogP contribution in [0.3, 0.4) is 0 Å². The number of carbonyl (C=O) groups is 2. The van der Waals surface area contributed by atoms with Gasteiger partial charge in [-0.05, 0) is 104 Å². The van der Waals surface area contributed by atoms with E-state index in [9.17, 15) is 14.7 Å². The topological polar surface area (TPSA) is 107 Å². The quantitative estimate of drug-likeness (QED) is 0.352. The first-order valence-electron chi connectivity index (χ1n) is 19.0. The molecule has 266 valence electrons. The van der Waals surface area contributed by atoms with E-state index in [4.69, 9.17) is 18.9 Å². The Morgan fingerprint density at radius 1 is 1.00 bits per heavy atom. The molecule has 9 heteroatoms. The van der Waals surface area contributed by atoms with Gasteiger partial charge >= 0.3 is 12.2 Å². The molecule has 2 N–H and O–H groups in total. The Bertz CT molecular complexity index is 1240. The van der Waals surface area contributed by atoms with Crippen LogP contribution in [0.1, 0.15) is 107 Å². The van der Waals surface area contributed by atoms with Crippen molar-refractivity contribution in [3.63, 3.8) is 0 Å². The lowest BCUT2D eigenvalue weighted by Crippen LogP contribution is -2.60. The number of aliphatic hydroxyl groups excluding tert-OH is 1. The maximum Gasteiger partial charge on any atom is 0.410 e. The van der Waals surface area contributed by atoms with Crippen LogP contribution in [-0.2, 0) is 18.9 Å². The van der Waals surface area contributed by atoms with E-state index in [2.05, 4.69) is 53.8 Å². The third-order valence-corrected chi connectivity index (χ3v) is 15.9. The highest BCUT2D eigenvalue weighted by Gasteiger charge is 2.84. The number of alkyl carbamates (subject to hydrolysis) is 1. The molecule has 2 saturated heterocycles. The number of nitrogens with zero attached hydrogens (tertiary/aromatic N) is 1. The van der Waals surface area contributed by atoms with Crippen molar-refractivity contribution < 1.29 is 33.6 Å². The molecule has 0 radical (unpaired) electrons. The van der Waals surface area contributed by atoms with E-state index < -0.39 is 12.2 Å². The highest BCUT2D eigenvalue weighted by molar-refractivity contribution is 5.68. The first-order valence-corrected chi connectivity index (χ1v) is 19.0. The van der Waals surface area contributed by atoms with E-state index in [1.807, 2.05) is 11.8 Å². The highest BCUT2D eigenvalue weighted by Crippen LogP contribution is 2.89. The average molecular weight is 659 g/mol. The van der Waals surface area contributed by atoms with Crippen LogP contribution in [0.5, 0.6) is 0 Å². The predicted octanol–water partition coefficient (Wildman–Crippen LogP) is 6.41. The zero-order valence-electron chi connectivity index (χ0n) is 30.3. The van der Waals surface area contributed by atoms with Crippen molar-refractivity contribution >= 4 is 12.2 Å². The first kappa shape index (κ1) is 33.9. The number of aliphatic hydroxyl groups is 1. The zero-order valence-corrected chi connectivity index (χ0v) is 30.3. The van der Waals surface area contributed by atoms with Gasteiger partial charge in [0, 0.05) is 30.5 Å². The van der Waals surface area contributed by atoms with Crippen molar-refractivity contribution in [1.82, 2.24) is 10.2 Å². The third-order valence-electron chi connectivity index (χ3n) is 15.9. The fourth-order valence-electron chi connectivity index (χ4n) is 13.6. The second-order valence-electron chi connectivity index (χ2n) is 18.2. The van der Waals surface area contributed by atoms with Gasteiger partial charge in [0.1, 0.15) is 12.2 Å². The van der Waals surface area contributed by atoms with Gasteiger partial charge in [-0.3, -0.25) is 0 Å². The smallest absolute Gasteiger partial charge is 0.410 e. The number of amides is 2. The van der Waals surface area contributed by atoms with Gasteiger partial charge in [-0.2, -0.15) is 0 Å². The minimum atomic E-state index is -0.560. The molecule has 0 aromatic heterocycles. The molecule has 4 unspecified atom stereocenters. The van der Waals surface area contributed by atoms with Crippen molar-refractivity contribution in [1.29, 1.82) is 0 Å². The minimum absolute atomic E-state index is 0.0256. The summed E-state index contributed by atoms with van der Waals surface area (Å²) in [5, 5.41) is 15.4. The molecule has 2 aliphatic heterocycles. The van der Waals surface area contributed by atoms with Crippen LogP contribution in [0.15, 0.2) is 0 Å². The number of morpholine rings is 1. The summed E-state index contributed by atoms with van der Waals surface area (Å²) in [6, 6.07) is 0. The van der Waals surface area contributed by atoms with Gasteiger partial charge in [-0.1, -0.05) is 48.5 Å². The summed E-state index contributed by atoms with van der Waals surface area (Å²) in [7, 11) is 0. The number of ether oxygens (including phenoxy) is 4. The fourth-order valence-corrected chi connectivity index (χ4v) is 13.6. The molecule has 7 fully saturated rings. The molecule has 0 bridgehead atoms. The number of hydrogen-bond donors (Lipinski definition) is 2. The first-order chi connectivity index (χ1) is 22.2. The maximum atomic E-state index is 13.2. The molecule has 0 aromatic carbocycles. The Kier molecular flexibility index (Phi) is 8.28. The molecule has 7 rings (SSSR count). The van der Waals surface area contributed by atoms with E-state index in [1.54, 1.807) is 0 Å². The van der Waals surface area contributed by atoms with Crippen LogP contribution in [-0.4, -0.2) is 85.6 Å². The van der Waals surface area contributed by atoms with Crippen molar-refractivity contribution in [2.24, 2.45) is 56.7 Å². The summed E-state index contributed by atoms with van der Waals surface area (Å²) in [5.41, 5.74) is 0.119. The average Bonchev–Trinajstić information content (AvgIpc) is 3.66. The lowest BCUT2D eigenvalue weighted by molar-refractivity contribution is -0.185. The van der Waals surface area contributed by atoms with E-state index >= 15 is 0 Å². The van der Waals surface area contributed by atoms with Crippen molar-refractivity contribution in [3.8, 4) is 0 Å². The lowest BCUT2D eigenvalue weighted by atomic mass is 9.41. The molecule has 47 heavy (non-hydrogen) atoms. The Morgan fingerprint density at radius 2 is 1.68 bits per heavy atom. The number of rotatable bonds is 5. The van der Waals surface area contributed by atoms with E-state index in [1.165, 1.54) is 12.8 Å². The SMILES string of the molecule is CCNC(=O)O[C@H](C(C)C)C1C[C@@H](C)[C@H]2C(O1)[C@H](O)[C@@]1(C)C3CC[C@H]4C(C)(C)C(OC(=O)N5CCOCC5)CC[C@@]45C[C@@]35CC[C@]21C. The molecule has 2 spiro atoms. The van der Waals surface area contributed by atoms with Crippen LogP contribution in [0.4, 0.5) is 9.59 Å². The standard InChI is InChI=1S/C38H62N2O7/c1-9-39-32(42)47-29(22(2)3)24-20-23(4)28-30(45-24)31(41)36(8)26-11-10-25-34(5,6)27(46-33(43)40-16-18-44-19-17-40)12-13-37(25)21-38(26,37)15-14-35(28,36)7/h22-31,41H,9-21H2,1-8H3,(H,39,42)/t23-,24?,25+,26?,27?,28+,29-,30?,31+,35-,36-,37-,38+/m1/s1. The maximum absolute atomic E-state index is 13.2. The molecule has 5 aliphatic carbocycles. The second kappa shape index (κ2) is 11.5. The summed E-state index contributed by atoms with van der Waals surface area (Å²) in [5.74, 6) is 1.68. The monoisotopic (exact) mass is 658 g/mol. The number of carbonyl (C=O) groups excluding carboxylic acids is 2. The molecular formula is C38H62N2O7. The third kappa shape index (κ3) is 4.63. The summed E-state index contributed by atoms with van der Waals surface area (Å²) >= 11 is 0. The van der Waals surface area contributed by atoms with Gasteiger partial charge in [0.2, 0.25) is 0 Å². The van der Waals surface area contributed by atoms with Gasteiger partial charge in [0.05, 0.1) is 31.5 Å². The molecule has 2 heterocycles. The highest BCUT2D eigenvalue weighted by atomic mass is 16.6. The van der Waals surface area contributed by atoms with Gasteiger partial charge in [0.25, 0.3) is 0 Å². The molecule has 2 amide bonds. The molecule has 9 nitrogen and oxygen atoms in total. The number of nitrogens with one attached hydrogen (secondary N) is 1. The molecular weight excluding hydrogens is 596 g/mol. The van der Waals surface area contributed by atoms with Crippen molar-refractivity contribution in [2.45, 2.75) is 137 Å². The summed E-state index contributed by atoms with van der Waals surface area (Å²) < 4.78 is 24.7. The van der Waals surface area contributed by atoms with E-state index in [-0.39, 0.29) is 69.4 Å². The Hall–Kier alpha value is -1.58. The lowest BCUT2D eigenvalue weighted by Gasteiger charge is -2.63. The van der Waals surface area contributed by atoms with Gasteiger partial charge in [-0.15, -0.1) is 0 Å². The molecule has 13 atom stereocenters. The summed E-state index contributed by atoms with van der Waals surface area (Å²) in [6.45, 7) is 20.9. The molecule has 0 aromatic rings. The van der Waals surface area contributed by atoms with Gasteiger partial charge < -0.3 is 34.3 Å². The Morgan fingerprint density at radius 3 is 2.36 bits per heavy atom. The number of fused-ring (bicyclic) bond motifs is 4. The summed E-state index contributed by atoms with van der Waals surface area (Å²) in [6.07, 6.45) is 6.61. The van der Waals surface area contributed by atoms with Crippen molar-refractivity contribution in [3.05, 3.63) is 0 Å². The minimum Gasteiger partial charge on any atom is -0.446 e. The van der Waals surface area contributed by atoms with Crippen LogP contribution >= 0.6 is 0 Å². The summed E-state index contributed by atoms with van der Waals surface area (Å²) in [4.78, 5) is 27.5. The van der Waals surface area contributed by atoms with Crippen LogP contribution in [0.25, 0.3) is 0 Å². The van der Waals surface area contributed by atoms with E-state index in [0.717, 1.165) is 38.5 Å². The van der Waals surface area contributed by atoms with Gasteiger partial charge in [0.15, 0.2) is 0 Å². The largest absolute Gasteiger partial charge is 0.446 e. The molecule has 5 saturated carbocycles. The van der Waals surface area contributed by atoms with Crippen LogP contribution < -0.4 is 5.32 Å². The Labute approximate surface area is 282 Å². The van der Waals surface area contributed by atoms with E-state index in [0.29, 0.717) is 50.6 Å². The Balaban J connectivity index is 1.12. The normalized spacial score (nSPS) is 48.6. The van der Waals surface area contributed by atoms with Crippen molar-refractivity contribution in [2.75, 3.05) is 32.8 Å². The van der Waals surface area contributed by atoms with Gasteiger partial charge in [-0.25, -0.2) is 9.59 Å².